The third-order valence-electron chi connectivity index (χ3n) is 3.55. The zero-order chi connectivity index (χ0) is 16.2. The number of esters is 2. The van der Waals surface area contributed by atoms with Gasteiger partial charge in [0.15, 0.2) is 0 Å². The highest BCUT2D eigenvalue weighted by atomic mass is 16.5. The van der Waals surface area contributed by atoms with Crippen molar-refractivity contribution < 1.29 is 19.1 Å². The lowest BCUT2D eigenvalue weighted by molar-refractivity contribution is -0.140. The molecule has 0 amide bonds. The van der Waals surface area contributed by atoms with E-state index >= 15 is 0 Å². The van der Waals surface area contributed by atoms with Crippen molar-refractivity contribution in [2.45, 2.75) is 58.0 Å². The van der Waals surface area contributed by atoms with Gasteiger partial charge in [0.25, 0.3) is 0 Å². The van der Waals surface area contributed by atoms with Gasteiger partial charge in [-0.15, -0.1) is 0 Å². The molecule has 0 bridgehead atoms. The molecule has 0 unspecified atom stereocenters. The van der Waals surface area contributed by atoms with Crippen molar-refractivity contribution >= 4 is 11.9 Å². The van der Waals surface area contributed by atoms with Crippen LogP contribution in [0.2, 0.25) is 0 Å². The van der Waals surface area contributed by atoms with Gasteiger partial charge in [-0.2, -0.15) is 0 Å². The van der Waals surface area contributed by atoms with Crippen molar-refractivity contribution in [3.05, 3.63) is 35.9 Å². The first-order chi connectivity index (χ1) is 10.7. The molecule has 0 fully saturated rings. The minimum atomic E-state index is -0.292. The van der Waals surface area contributed by atoms with Gasteiger partial charge >= 0.3 is 11.9 Å². The number of unbranched alkanes of at least 4 members (excludes halogenated alkanes) is 2. The molecular formula is C18H26O4. The molecule has 1 aromatic rings. The maximum absolute atomic E-state index is 12.1. The Hall–Kier alpha value is -1.84. The summed E-state index contributed by atoms with van der Waals surface area (Å²) in [6.07, 6.45) is 5.71. The summed E-state index contributed by atoms with van der Waals surface area (Å²) < 4.78 is 10.2. The van der Waals surface area contributed by atoms with Crippen LogP contribution in [0.25, 0.3) is 0 Å². The highest BCUT2D eigenvalue weighted by Crippen LogP contribution is 2.16. The van der Waals surface area contributed by atoms with Crippen LogP contribution in [0.1, 0.15) is 62.2 Å². The van der Waals surface area contributed by atoms with Crippen LogP contribution in [0.5, 0.6) is 0 Å². The molecule has 22 heavy (non-hydrogen) atoms. The van der Waals surface area contributed by atoms with E-state index < -0.39 is 0 Å². The van der Waals surface area contributed by atoms with Crippen LogP contribution in [-0.4, -0.2) is 25.2 Å². The maximum atomic E-state index is 12.1. The average Bonchev–Trinajstić information content (AvgIpc) is 2.55. The maximum Gasteiger partial charge on any atom is 0.338 e. The van der Waals surface area contributed by atoms with Crippen LogP contribution < -0.4 is 0 Å². The Bertz CT molecular complexity index is 442. The zero-order valence-corrected chi connectivity index (χ0v) is 13.5. The third-order valence-corrected chi connectivity index (χ3v) is 3.55. The number of carbonyl (C=O) groups excluding carboxylic acids is 2. The van der Waals surface area contributed by atoms with Crippen LogP contribution in [-0.2, 0) is 14.3 Å². The number of rotatable bonds is 10. The van der Waals surface area contributed by atoms with Crippen LogP contribution in [0.4, 0.5) is 0 Å². The molecule has 0 saturated heterocycles. The fourth-order valence-corrected chi connectivity index (χ4v) is 2.25. The largest absolute Gasteiger partial charge is 0.469 e. The summed E-state index contributed by atoms with van der Waals surface area (Å²) in [6, 6.07) is 9.01. The predicted molar refractivity (Wildman–Crippen MR) is 85.7 cm³/mol. The van der Waals surface area contributed by atoms with E-state index in [-0.39, 0.29) is 18.0 Å². The fraction of sp³-hybridized carbons (Fsp3) is 0.556. The second-order valence-corrected chi connectivity index (χ2v) is 5.36. The first-order valence-corrected chi connectivity index (χ1v) is 8.00. The SMILES string of the molecule is CCCCC[C@@H](CCCC(=O)OC)OC(=O)c1ccccc1. The number of ether oxygens (including phenoxy) is 2. The molecule has 1 atom stereocenters. The number of methoxy groups -OCH3 is 1. The van der Waals surface area contributed by atoms with Crippen molar-refractivity contribution in [2.24, 2.45) is 0 Å². The van der Waals surface area contributed by atoms with Crippen molar-refractivity contribution in [3.8, 4) is 0 Å². The van der Waals surface area contributed by atoms with Gasteiger partial charge in [0.05, 0.1) is 12.7 Å². The van der Waals surface area contributed by atoms with Crippen LogP contribution in [0.15, 0.2) is 30.3 Å². The first-order valence-electron chi connectivity index (χ1n) is 8.00. The van der Waals surface area contributed by atoms with E-state index in [0.29, 0.717) is 24.8 Å². The van der Waals surface area contributed by atoms with Gasteiger partial charge in [0.1, 0.15) is 6.10 Å². The topological polar surface area (TPSA) is 52.6 Å². The first kappa shape index (κ1) is 18.2. The van der Waals surface area contributed by atoms with Gasteiger partial charge < -0.3 is 9.47 Å². The van der Waals surface area contributed by atoms with Gasteiger partial charge in [-0.1, -0.05) is 38.0 Å². The van der Waals surface area contributed by atoms with E-state index in [0.717, 1.165) is 25.7 Å². The normalized spacial score (nSPS) is 11.7. The Balaban J connectivity index is 2.49. The summed E-state index contributed by atoms with van der Waals surface area (Å²) in [7, 11) is 1.39. The second-order valence-electron chi connectivity index (χ2n) is 5.36. The molecule has 1 rings (SSSR count). The molecule has 1 aromatic carbocycles. The minimum absolute atomic E-state index is 0.135. The van der Waals surface area contributed by atoms with Crippen LogP contribution >= 0.6 is 0 Å². The number of hydrogen-bond acceptors (Lipinski definition) is 4. The molecule has 0 spiro atoms. The van der Waals surface area contributed by atoms with Gasteiger partial charge in [-0.05, 0) is 37.8 Å². The average molecular weight is 306 g/mol. The molecule has 4 heteroatoms. The Kier molecular flexibility index (Phi) is 8.96. The van der Waals surface area contributed by atoms with Gasteiger partial charge in [0.2, 0.25) is 0 Å². The van der Waals surface area contributed by atoms with E-state index in [1.165, 1.54) is 7.11 Å². The molecule has 0 N–H and O–H groups in total. The number of carbonyl (C=O) groups is 2. The highest BCUT2D eigenvalue weighted by Gasteiger charge is 2.16. The highest BCUT2D eigenvalue weighted by molar-refractivity contribution is 5.89. The Labute approximate surface area is 132 Å². The van der Waals surface area contributed by atoms with Gasteiger partial charge in [0, 0.05) is 6.42 Å². The molecule has 4 nitrogen and oxygen atoms in total. The smallest absolute Gasteiger partial charge is 0.338 e. The lowest BCUT2D eigenvalue weighted by atomic mass is 10.0. The molecule has 0 radical (unpaired) electrons. The van der Waals surface area contributed by atoms with Crippen molar-refractivity contribution in [3.63, 3.8) is 0 Å². The molecule has 0 aliphatic carbocycles. The van der Waals surface area contributed by atoms with E-state index in [1.807, 2.05) is 18.2 Å². The van der Waals surface area contributed by atoms with Crippen molar-refractivity contribution in [1.82, 2.24) is 0 Å². The summed E-state index contributed by atoms with van der Waals surface area (Å²) in [5.74, 6) is -0.512. The van der Waals surface area contributed by atoms with E-state index in [1.54, 1.807) is 12.1 Å². The minimum Gasteiger partial charge on any atom is -0.469 e. The summed E-state index contributed by atoms with van der Waals surface area (Å²) in [4.78, 5) is 23.3. The summed E-state index contributed by atoms with van der Waals surface area (Å²) in [5.41, 5.74) is 0.566. The summed E-state index contributed by atoms with van der Waals surface area (Å²) in [5, 5.41) is 0. The van der Waals surface area contributed by atoms with Gasteiger partial charge in [-0.25, -0.2) is 4.79 Å². The summed E-state index contributed by atoms with van der Waals surface area (Å²) in [6.45, 7) is 2.14. The van der Waals surface area contributed by atoms with E-state index in [4.69, 9.17) is 4.74 Å². The predicted octanol–water partition coefficient (Wildman–Crippen LogP) is 4.14. The van der Waals surface area contributed by atoms with E-state index in [2.05, 4.69) is 11.7 Å². The summed E-state index contributed by atoms with van der Waals surface area (Å²) >= 11 is 0. The molecule has 0 saturated carbocycles. The van der Waals surface area contributed by atoms with Crippen LogP contribution in [0, 0.1) is 0 Å². The van der Waals surface area contributed by atoms with Crippen molar-refractivity contribution in [2.75, 3.05) is 7.11 Å². The van der Waals surface area contributed by atoms with Crippen LogP contribution in [0.3, 0.4) is 0 Å². The monoisotopic (exact) mass is 306 g/mol. The lowest BCUT2D eigenvalue weighted by Crippen LogP contribution is -2.19. The number of benzene rings is 1. The standard InChI is InChI=1S/C18H26O4/c1-3-4-6-12-16(13-9-14-17(19)21-2)22-18(20)15-10-7-5-8-11-15/h5,7-8,10-11,16H,3-4,6,9,12-14H2,1-2H3/t16-/m0/s1. The third kappa shape index (κ3) is 7.25. The quantitative estimate of drug-likeness (QED) is 0.481. The fourth-order valence-electron chi connectivity index (χ4n) is 2.25. The Morgan fingerprint density at radius 3 is 2.36 bits per heavy atom. The Morgan fingerprint density at radius 2 is 1.73 bits per heavy atom. The molecule has 0 aliphatic heterocycles. The van der Waals surface area contributed by atoms with Gasteiger partial charge in [-0.3, -0.25) is 4.79 Å². The lowest BCUT2D eigenvalue weighted by Gasteiger charge is -2.17. The van der Waals surface area contributed by atoms with E-state index in [9.17, 15) is 9.59 Å². The number of hydrogen-bond donors (Lipinski definition) is 0. The van der Waals surface area contributed by atoms with Crippen molar-refractivity contribution in [1.29, 1.82) is 0 Å². The molecular weight excluding hydrogens is 280 g/mol. The molecule has 0 aliphatic rings. The Morgan fingerprint density at radius 1 is 1.05 bits per heavy atom. The zero-order valence-electron chi connectivity index (χ0n) is 13.5. The molecule has 0 heterocycles. The molecule has 122 valence electrons. The second kappa shape index (κ2) is 10.8. The molecule has 0 aromatic heterocycles.